The van der Waals surface area contributed by atoms with E-state index in [0.29, 0.717) is 17.0 Å². The van der Waals surface area contributed by atoms with Crippen LogP contribution in [0.5, 0.6) is 5.75 Å². The van der Waals surface area contributed by atoms with E-state index in [4.69, 9.17) is 4.74 Å². The average molecular weight is 264 g/mol. The summed E-state index contributed by atoms with van der Waals surface area (Å²) in [5.41, 5.74) is 1.04. The molecule has 2 aromatic rings. The summed E-state index contributed by atoms with van der Waals surface area (Å²) in [6.07, 6.45) is 1.36. The summed E-state index contributed by atoms with van der Waals surface area (Å²) in [5, 5.41) is 3.05. The van der Waals surface area contributed by atoms with Crippen molar-refractivity contribution in [2.75, 3.05) is 12.4 Å². The van der Waals surface area contributed by atoms with E-state index in [1.54, 1.807) is 25.1 Å². The Morgan fingerprint density at radius 3 is 2.63 bits per heavy atom. The molecule has 1 atom stereocenters. The summed E-state index contributed by atoms with van der Waals surface area (Å²) >= 11 is 0. The van der Waals surface area contributed by atoms with Crippen LogP contribution in [0, 0.1) is 11.8 Å². The topological polar surface area (TPSA) is 34.1 Å². The smallest absolute Gasteiger partial charge is 0.212 e. The summed E-state index contributed by atoms with van der Waals surface area (Å²) in [6.45, 7) is 1.80. The quantitative estimate of drug-likeness (QED) is 0.858. The van der Waals surface area contributed by atoms with Crippen molar-refractivity contribution in [3.05, 3.63) is 53.9 Å². The number of methoxy groups -OCH3 is 1. The Hall–Kier alpha value is -2.17. The molecular formula is C14H14F2N2O. The zero-order valence-electron chi connectivity index (χ0n) is 10.7. The number of nitrogens with one attached hydrogen (secondary N) is 1. The van der Waals surface area contributed by atoms with Crippen molar-refractivity contribution in [3.63, 3.8) is 0 Å². The minimum absolute atomic E-state index is 0.330. The van der Waals surface area contributed by atoms with Gasteiger partial charge >= 0.3 is 0 Å². The van der Waals surface area contributed by atoms with Gasteiger partial charge in [0.15, 0.2) is 0 Å². The Morgan fingerprint density at radius 1 is 1.21 bits per heavy atom. The summed E-state index contributed by atoms with van der Waals surface area (Å²) in [4.78, 5) is 3.54. The zero-order chi connectivity index (χ0) is 13.8. The molecule has 0 saturated carbocycles. The van der Waals surface area contributed by atoms with Crippen molar-refractivity contribution in [3.8, 4) is 5.75 Å². The van der Waals surface area contributed by atoms with Gasteiger partial charge in [0.05, 0.1) is 30.6 Å². The van der Waals surface area contributed by atoms with Crippen LogP contribution >= 0.6 is 0 Å². The van der Waals surface area contributed by atoms with Crippen LogP contribution in [0.4, 0.5) is 14.5 Å². The van der Waals surface area contributed by atoms with E-state index in [2.05, 4.69) is 10.3 Å². The van der Waals surface area contributed by atoms with Crippen molar-refractivity contribution >= 4 is 5.69 Å². The fraction of sp³-hybridized carbons (Fsp3) is 0.214. The van der Waals surface area contributed by atoms with Gasteiger partial charge in [-0.2, -0.15) is 4.39 Å². The SMILES string of the molecule is COc1cccc(F)c1C(C)Nc1ccc(F)nc1. The van der Waals surface area contributed by atoms with Crippen LogP contribution < -0.4 is 10.1 Å². The first-order valence-corrected chi connectivity index (χ1v) is 5.82. The molecule has 0 fully saturated rings. The first-order chi connectivity index (χ1) is 9.11. The van der Waals surface area contributed by atoms with Crippen molar-refractivity contribution in [1.82, 2.24) is 4.98 Å². The third-order valence-corrected chi connectivity index (χ3v) is 2.78. The van der Waals surface area contributed by atoms with Crippen LogP contribution in [0.2, 0.25) is 0 Å². The van der Waals surface area contributed by atoms with Gasteiger partial charge in [-0.1, -0.05) is 6.07 Å². The van der Waals surface area contributed by atoms with E-state index in [-0.39, 0.29) is 11.9 Å². The lowest BCUT2D eigenvalue weighted by Crippen LogP contribution is -2.10. The molecule has 2 rings (SSSR count). The van der Waals surface area contributed by atoms with Crippen LogP contribution in [0.3, 0.4) is 0 Å². The number of benzene rings is 1. The summed E-state index contributed by atoms with van der Waals surface area (Å²) in [5.74, 6) is -0.439. The van der Waals surface area contributed by atoms with E-state index < -0.39 is 5.95 Å². The number of hydrogen-bond acceptors (Lipinski definition) is 3. The lowest BCUT2D eigenvalue weighted by atomic mass is 10.1. The lowest BCUT2D eigenvalue weighted by Gasteiger charge is -2.18. The molecule has 0 spiro atoms. The highest BCUT2D eigenvalue weighted by atomic mass is 19.1. The second kappa shape index (κ2) is 5.65. The summed E-state index contributed by atoms with van der Waals surface area (Å²) < 4.78 is 31.7. The number of hydrogen-bond donors (Lipinski definition) is 1. The Kier molecular flexibility index (Phi) is 3.94. The fourth-order valence-electron chi connectivity index (χ4n) is 1.90. The molecule has 19 heavy (non-hydrogen) atoms. The van der Waals surface area contributed by atoms with E-state index in [1.807, 2.05) is 0 Å². The molecule has 0 saturated heterocycles. The first kappa shape index (κ1) is 13.3. The number of aromatic nitrogens is 1. The minimum atomic E-state index is -0.554. The zero-order valence-corrected chi connectivity index (χ0v) is 10.7. The second-order valence-electron chi connectivity index (χ2n) is 4.09. The van der Waals surface area contributed by atoms with Gasteiger partial charge in [0.2, 0.25) is 5.95 Å². The third kappa shape index (κ3) is 2.99. The Labute approximate surface area is 110 Å². The van der Waals surface area contributed by atoms with Crippen LogP contribution in [0.15, 0.2) is 36.5 Å². The maximum Gasteiger partial charge on any atom is 0.212 e. The van der Waals surface area contributed by atoms with Gasteiger partial charge in [0.25, 0.3) is 0 Å². The van der Waals surface area contributed by atoms with Gasteiger partial charge in [0.1, 0.15) is 11.6 Å². The molecule has 0 aliphatic heterocycles. The molecular weight excluding hydrogens is 250 g/mol. The Bertz CT molecular complexity index is 558. The molecule has 1 aromatic carbocycles. The van der Waals surface area contributed by atoms with E-state index in [0.717, 1.165) is 0 Å². The number of anilines is 1. The average Bonchev–Trinajstić information content (AvgIpc) is 2.40. The maximum absolute atomic E-state index is 13.9. The highest BCUT2D eigenvalue weighted by Crippen LogP contribution is 2.29. The molecule has 3 nitrogen and oxygen atoms in total. The molecule has 0 bridgehead atoms. The summed E-state index contributed by atoms with van der Waals surface area (Å²) in [7, 11) is 1.49. The molecule has 0 amide bonds. The number of pyridine rings is 1. The molecule has 0 aliphatic carbocycles. The molecule has 5 heteroatoms. The van der Waals surface area contributed by atoms with E-state index in [9.17, 15) is 8.78 Å². The lowest BCUT2D eigenvalue weighted by molar-refractivity contribution is 0.402. The monoisotopic (exact) mass is 264 g/mol. The maximum atomic E-state index is 13.9. The molecule has 0 radical (unpaired) electrons. The standard InChI is InChI=1S/C14H14F2N2O/c1-9(18-10-6-7-13(16)17-8-10)14-11(15)4-3-5-12(14)19-2/h3-9,18H,1-2H3. The van der Waals surface area contributed by atoms with Crippen LogP contribution in [-0.2, 0) is 0 Å². The third-order valence-electron chi connectivity index (χ3n) is 2.78. The molecule has 100 valence electrons. The second-order valence-corrected chi connectivity index (χ2v) is 4.09. The highest BCUT2D eigenvalue weighted by Gasteiger charge is 2.16. The molecule has 1 N–H and O–H groups in total. The van der Waals surface area contributed by atoms with Gasteiger partial charge < -0.3 is 10.1 Å². The van der Waals surface area contributed by atoms with Gasteiger partial charge in [-0.15, -0.1) is 0 Å². The fourth-order valence-corrected chi connectivity index (χ4v) is 1.90. The van der Waals surface area contributed by atoms with Crippen molar-refractivity contribution < 1.29 is 13.5 Å². The van der Waals surface area contributed by atoms with Gasteiger partial charge in [0, 0.05) is 0 Å². The van der Waals surface area contributed by atoms with Gasteiger partial charge in [-0.3, -0.25) is 0 Å². The highest BCUT2D eigenvalue weighted by molar-refractivity contribution is 5.46. The van der Waals surface area contributed by atoms with Crippen LogP contribution in [0.1, 0.15) is 18.5 Å². The first-order valence-electron chi connectivity index (χ1n) is 5.82. The van der Waals surface area contributed by atoms with E-state index >= 15 is 0 Å². The molecule has 0 aliphatic rings. The van der Waals surface area contributed by atoms with Crippen molar-refractivity contribution in [2.24, 2.45) is 0 Å². The number of ether oxygens (including phenoxy) is 1. The van der Waals surface area contributed by atoms with Crippen molar-refractivity contribution in [2.45, 2.75) is 13.0 Å². The van der Waals surface area contributed by atoms with Gasteiger partial charge in [-0.25, -0.2) is 9.37 Å². The minimum Gasteiger partial charge on any atom is -0.496 e. The normalized spacial score (nSPS) is 12.0. The van der Waals surface area contributed by atoms with Crippen molar-refractivity contribution in [1.29, 1.82) is 0 Å². The largest absolute Gasteiger partial charge is 0.496 e. The molecule has 1 heterocycles. The molecule has 1 aromatic heterocycles. The predicted molar refractivity (Wildman–Crippen MR) is 69.2 cm³/mol. The Morgan fingerprint density at radius 2 is 2.00 bits per heavy atom. The van der Waals surface area contributed by atoms with Crippen LogP contribution in [0.25, 0.3) is 0 Å². The Balaban J connectivity index is 2.24. The molecule has 1 unspecified atom stereocenters. The summed E-state index contributed by atoms with van der Waals surface area (Å²) in [6, 6.07) is 7.12. The van der Waals surface area contributed by atoms with E-state index in [1.165, 1.54) is 25.4 Å². The van der Waals surface area contributed by atoms with Gasteiger partial charge in [-0.05, 0) is 31.2 Å². The number of rotatable bonds is 4. The number of halogens is 2. The number of nitrogens with zero attached hydrogens (tertiary/aromatic N) is 1. The predicted octanol–water partition coefficient (Wildman–Crippen LogP) is 3.54. The van der Waals surface area contributed by atoms with Crippen LogP contribution in [-0.4, -0.2) is 12.1 Å².